The van der Waals surface area contributed by atoms with E-state index < -0.39 is 0 Å². The Labute approximate surface area is 103 Å². The van der Waals surface area contributed by atoms with Crippen LogP contribution in [-0.2, 0) is 0 Å². The van der Waals surface area contributed by atoms with E-state index in [-0.39, 0.29) is 6.04 Å². The van der Waals surface area contributed by atoms with Crippen molar-refractivity contribution in [1.29, 1.82) is 0 Å². The fourth-order valence-electron chi connectivity index (χ4n) is 2.20. The molecule has 92 valence electrons. The topological polar surface area (TPSA) is 29.3 Å². The molecule has 1 aromatic heterocycles. The maximum atomic E-state index is 6.15. The molecule has 2 atom stereocenters. The van der Waals surface area contributed by atoms with Crippen LogP contribution in [0.5, 0.6) is 0 Å². The van der Waals surface area contributed by atoms with E-state index in [0.717, 1.165) is 13.1 Å². The summed E-state index contributed by atoms with van der Waals surface area (Å²) in [6.07, 6.45) is 2.38. The Morgan fingerprint density at radius 1 is 1.31 bits per heavy atom. The summed E-state index contributed by atoms with van der Waals surface area (Å²) in [6, 6.07) is 4.90. The highest BCUT2D eigenvalue weighted by Crippen LogP contribution is 2.27. The lowest BCUT2D eigenvalue weighted by Gasteiger charge is -2.33. The zero-order valence-electron chi connectivity index (χ0n) is 10.6. The van der Waals surface area contributed by atoms with Crippen molar-refractivity contribution in [3.63, 3.8) is 0 Å². The first-order chi connectivity index (χ1) is 7.70. The van der Waals surface area contributed by atoms with Crippen molar-refractivity contribution >= 4 is 11.3 Å². The molecule has 2 nitrogen and oxygen atoms in total. The lowest BCUT2D eigenvalue weighted by atomic mass is 10.1. The first kappa shape index (κ1) is 13.7. The summed E-state index contributed by atoms with van der Waals surface area (Å²) in [6.45, 7) is 8.85. The van der Waals surface area contributed by atoms with Gasteiger partial charge in [0.1, 0.15) is 0 Å². The average Bonchev–Trinajstić information content (AvgIpc) is 2.71. The summed E-state index contributed by atoms with van der Waals surface area (Å²) in [7, 11) is 0. The van der Waals surface area contributed by atoms with Crippen LogP contribution in [0.25, 0.3) is 0 Å². The second-order valence-corrected chi connectivity index (χ2v) is 5.33. The van der Waals surface area contributed by atoms with Gasteiger partial charge in [-0.3, -0.25) is 4.90 Å². The Bertz CT molecular complexity index is 263. The second kappa shape index (κ2) is 7.05. The molecule has 1 aromatic rings. The summed E-state index contributed by atoms with van der Waals surface area (Å²) in [5, 5.41) is 2.14. The number of hydrogen-bond acceptors (Lipinski definition) is 3. The number of rotatable bonds is 7. The molecule has 0 aliphatic carbocycles. The Balaban J connectivity index is 2.81. The molecule has 0 saturated carbocycles. The smallest absolute Gasteiger partial charge is 0.0590 e. The van der Waals surface area contributed by atoms with E-state index >= 15 is 0 Å². The van der Waals surface area contributed by atoms with E-state index in [2.05, 4.69) is 43.2 Å². The quantitative estimate of drug-likeness (QED) is 0.792. The third kappa shape index (κ3) is 3.58. The first-order valence-electron chi connectivity index (χ1n) is 6.23. The number of hydrogen-bond donors (Lipinski definition) is 1. The molecule has 0 aliphatic rings. The van der Waals surface area contributed by atoms with Gasteiger partial charge in [0.05, 0.1) is 6.04 Å². The molecule has 0 bridgehead atoms. The van der Waals surface area contributed by atoms with Crippen LogP contribution in [0.15, 0.2) is 17.5 Å². The van der Waals surface area contributed by atoms with Gasteiger partial charge in [-0.1, -0.05) is 19.9 Å². The van der Waals surface area contributed by atoms with Crippen molar-refractivity contribution in [3.8, 4) is 0 Å². The Morgan fingerprint density at radius 2 is 1.94 bits per heavy atom. The van der Waals surface area contributed by atoms with Gasteiger partial charge in [-0.2, -0.15) is 0 Å². The van der Waals surface area contributed by atoms with Crippen LogP contribution in [0.2, 0.25) is 0 Å². The van der Waals surface area contributed by atoms with Gasteiger partial charge < -0.3 is 5.73 Å². The molecular formula is C13H24N2S. The van der Waals surface area contributed by atoms with E-state index in [1.165, 1.54) is 17.7 Å². The van der Waals surface area contributed by atoms with Gasteiger partial charge in [-0.05, 0) is 44.3 Å². The molecule has 2 N–H and O–H groups in total. The second-order valence-electron chi connectivity index (χ2n) is 4.36. The maximum absolute atomic E-state index is 6.15. The van der Waals surface area contributed by atoms with E-state index in [1.54, 1.807) is 0 Å². The first-order valence-corrected chi connectivity index (χ1v) is 7.11. The van der Waals surface area contributed by atoms with E-state index in [9.17, 15) is 0 Å². The van der Waals surface area contributed by atoms with Crippen LogP contribution in [-0.4, -0.2) is 24.0 Å². The molecule has 0 aliphatic heterocycles. The molecule has 0 saturated heterocycles. The summed E-state index contributed by atoms with van der Waals surface area (Å²) in [4.78, 5) is 3.92. The van der Waals surface area contributed by atoms with Crippen molar-refractivity contribution < 1.29 is 0 Å². The predicted molar refractivity (Wildman–Crippen MR) is 72.9 cm³/mol. The molecule has 0 radical (unpaired) electrons. The van der Waals surface area contributed by atoms with Gasteiger partial charge in [0.25, 0.3) is 0 Å². The minimum absolute atomic E-state index is 0.191. The van der Waals surface area contributed by atoms with Crippen LogP contribution in [0.1, 0.15) is 44.5 Å². The van der Waals surface area contributed by atoms with E-state index in [4.69, 9.17) is 5.73 Å². The molecule has 0 amide bonds. The molecule has 1 heterocycles. The highest BCUT2D eigenvalue weighted by molar-refractivity contribution is 7.10. The van der Waals surface area contributed by atoms with Gasteiger partial charge in [0.2, 0.25) is 0 Å². The van der Waals surface area contributed by atoms with Gasteiger partial charge in [-0.15, -0.1) is 11.3 Å². The molecule has 3 heteroatoms. The standard InChI is InChI=1S/C13H24N2S/c1-4-8-15(9-5-2)13(11(3)14)12-7-6-10-16-12/h6-7,10-11,13H,4-5,8-9,14H2,1-3H3. The fraction of sp³-hybridized carbons (Fsp3) is 0.692. The van der Waals surface area contributed by atoms with Gasteiger partial charge in [-0.25, -0.2) is 0 Å². The Kier molecular flexibility index (Phi) is 6.03. The summed E-state index contributed by atoms with van der Waals surface area (Å²) in [5.41, 5.74) is 6.15. The largest absolute Gasteiger partial charge is 0.326 e. The Hall–Kier alpha value is -0.380. The van der Waals surface area contributed by atoms with Crippen molar-refractivity contribution in [2.24, 2.45) is 5.73 Å². The van der Waals surface area contributed by atoms with Gasteiger partial charge >= 0.3 is 0 Å². The molecule has 0 spiro atoms. The molecule has 1 rings (SSSR count). The monoisotopic (exact) mass is 240 g/mol. The van der Waals surface area contributed by atoms with Crippen LogP contribution >= 0.6 is 11.3 Å². The normalized spacial score (nSPS) is 15.3. The van der Waals surface area contributed by atoms with E-state index in [0.29, 0.717) is 6.04 Å². The number of thiophene rings is 1. The maximum Gasteiger partial charge on any atom is 0.0590 e. The zero-order valence-corrected chi connectivity index (χ0v) is 11.5. The third-order valence-corrected chi connectivity index (χ3v) is 3.69. The van der Waals surface area contributed by atoms with Crippen molar-refractivity contribution in [1.82, 2.24) is 4.90 Å². The molecule has 2 unspecified atom stereocenters. The van der Waals surface area contributed by atoms with Crippen molar-refractivity contribution in [3.05, 3.63) is 22.4 Å². The van der Waals surface area contributed by atoms with E-state index in [1.807, 2.05) is 11.3 Å². The van der Waals surface area contributed by atoms with Crippen molar-refractivity contribution in [2.75, 3.05) is 13.1 Å². The van der Waals surface area contributed by atoms with Crippen LogP contribution in [0, 0.1) is 0 Å². The average molecular weight is 240 g/mol. The minimum Gasteiger partial charge on any atom is -0.326 e. The zero-order chi connectivity index (χ0) is 12.0. The fourth-order valence-corrected chi connectivity index (χ4v) is 3.17. The lowest BCUT2D eigenvalue weighted by Crippen LogP contribution is -2.40. The SMILES string of the molecule is CCCN(CCC)C(c1cccs1)C(C)N. The highest BCUT2D eigenvalue weighted by Gasteiger charge is 2.23. The predicted octanol–water partition coefficient (Wildman–Crippen LogP) is 3.26. The molecule has 0 aromatic carbocycles. The van der Waals surface area contributed by atoms with Crippen LogP contribution in [0.4, 0.5) is 0 Å². The molecule has 16 heavy (non-hydrogen) atoms. The molecular weight excluding hydrogens is 216 g/mol. The summed E-state index contributed by atoms with van der Waals surface area (Å²) in [5.74, 6) is 0. The molecule has 0 fully saturated rings. The van der Waals surface area contributed by atoms with Gasteiger partial charge in [0, 0.05) is 10.9 Å². The highest BCUT2D eigenvalue weighted by atomic mass is 32.1. The minimum atomic E-state index is 0.191. The van der Waals surface area contributed by atoms with Crippen LogP contribution in [0.3, 0.4) is 0 Å². The number of nitrogens with zero attached hydrogens (tertiary/aromatic N) is 1. The van der Waals surface area contributed by atoms with Crippen molar-refractivity contribution in [2.45, 2.75) is 45.7 Å². The third-order valence-electron chi connectivity index (χ3n) is 2.75. The van der Waals surface area contributed by atoms with Crippen LogP contribution < -0.4 is 5.73 Å². The summed E-state index contributed by atoms with van der Waals surface area (Å²) >= 11 is 1.82. The lowest BCUT2D eigenvalue weighted by molar-refractivity contribution is 0.179. The Morgan fingerprint density at radius 3 is 2.31 bits per heavy atom. The summed E-state index contributed by atoms with van der Waals surface area (Å²) < 4.78 is 0. The number of nitrogens with two attached hydrogens (primary N) is 1. The van der Waals surface area contributed by atoms with Gasteiger partial charge in [0.15, 0.2) is 0 Å².